The van der Waals surface area contributed by atoms with Crippen molar-refractivity contribution in [2.24, 2.45) is 0 Å². The number of hydrogen-bond donors (Lipinski definition) is 2. The van der Waals surface area contributed by atoms with E-state index >= 15 is 0 Å². The van der Waals surface area contributed by atoms with Crippen molar-refractivity contribution in [2.45, 2.75) is 25.5 Å². The lowest BCUT2D eigenvalue weighted by Gasteiger charge is -2.27. The summed E-state index contributed by atoms with van der Waals surface area (Å²) in [5.41, 5.74) is 2.93. The van der Waals surface area contributed by atoms with Crippen molar-refractivity contribution in [3.05, 3.63) is 50.9 Å². The number of benzene rings is 1. The predicted molar refractivity (Wildman–Crippen MR) is 82.2 cm³/mol. The molecular formula is C14H17BrN2OS. The van der Waals surface area contributed by atoms with Gasteiger partial charge in [0.15, 0.2) is 0 Å². The Balaban J connectivity index is 1.99. The summed E-state index contributed by atoms with van der Waals surface area (Å²) in [6, 6.07) is 7.82. The highest BCUT2D eigenvalue weighted by Gasteiger charge is 2.26. The van der Waals surface area contributed by atoms with E-state index in [1.54, 1.807) is 11.3 Å². The van der Waals surface area contributed by atoms with Crippen LogP contribution in [0, 0.1) is 0 Å². The monoisotopic (exact) mass is 340 g/mol. The first-order chi connectivity index (χ1) is 9.14. The van der Waals surface area contributed by atoms with Gasteiger partial charge in [0.05, 0.1) is 11.2 Å². The van der Waals surface area contributed by atoms with E-state index in [4.69, 9.17) is 0 Å². The first-order valence-corrected chi connectivity index (χ1v) is 7.94. The summed E-state index contributed by atoms with van der Waals surface area (Å²) in [6.45, 7) is 3.19. The number of hydrogen-bond acceptors (Lipinski definition) is 4. The van der Waals surface area contributed by atoms with E-state index in [-0.39, 0.29) is 0 Å². The molecule has 1 heterocycles. The molecule has 0 saturated carbocycles. The van der Waals surface area contributed by atoms with Crippen molar-refractivity contribution in [3.8, 4) is 0 Å². The Morgan fingerprint density at radius 3 is 2.68 bits per heavy atom. The fourth-order valence-corrected chi connectivity index (χ4v) is 2.74. The van der Waals surface area contributed by atoms with Gasteiger partial charge in [-0.1, -0.05) is 35.0 Å². The van der Waals surface area contributed by atoms with E-state index in [1.807, 2.05) is 42.1 Å². The molecule has 2 aromatic rings. The summed E-state index contributed by atoms with van der Waals surface area (Å²) < 4.78 is 1.02. The third kappa shape index (κ3) is 3.86. The Morgan fingerprint density at radius 1 is 1.37 bits per heavy atom. The number of nitrogens with one attached hydrogen (secondary N) is 1. The van der Waals surface area contributed by atoms with Crippen molar-refractivity contribution in [1.82, 2.24) is 10.3 Å². The molecule has 0 bridgehead atoms. The second kappa shape index (κ2) is 6.61. The number of nitrogens with zero attached hydrogens (tertiary/aromatic N) is 1. The molecular weight excluding hydrogens is 324 g/mol. The van der Waals surface area contributed by atoms with Crippen LogP contribution in [0.25, 0.3) is 0 Å². The maximum absolute atomic E-state index is 10.7. The average molecular weight is 341 g/mol. The Morgan fingerprint density at radius 2 is 2.11 bits per heavy atom. The van der Waals surface area contributed by atoms with Gasteiger partial charge in [-0.3, -0.25) is 0 Å². The topological polar surface area (TPSA) is 45.1 Å². The molecule has 1 aromatic carbocycles. The van der Waals surface area contributed by atoms with E-state index in [9.17, 15) is 5.11 Å². The fraction of sp³-hybridized carbons (Fsp3) is 0.357. The van der Waals surface area contributed by atoms with Crippen LogP contribution in [0.15, 0.2) is 39.6 Å². The molecule has 0 aliphatic carbocycles. The Hall–Kier alpha value is -0.750. The molecule has 1 unspecified atom stereocenters. The smallest absolute Gasteiger partial charge is 0.102 e. The molecule has 1 atom stereocenters. The minimum absolute atomic E-state index is 0.517. The van der Waals surface area contributed by atoms with Gasteiger partial charge < -0.3 is 10.4 Å². The first-order valence-electron chi connectivity index (χ1n) is 6.20. The van der Waals surface area contributed by atoms with Crippen LogP contribution in [0.5, 0.6) is 0 Å². The molecule has 0 aliphatic rings. The van der Waals surface area contributed by atoms with Crippen molar-refractivity contribution < 1.29 is 5.11 Å². The molecule has 0 saturated heterocycles. The molecule has 2 rings (SSSR count). The van der Waals surface area contributed by atoms with Crippen LogP contribution in [-0.4, -0.2) is 16.6 Å². The van der Waals surface area contributed by atoms with Crippen molar-refractivity contribution >= 4 is 27.3 Å². The minimum atomic E-state index is -0.837. The van der Waals surface area contributed by atoms with Gasteiger partial charge in [0.2, 0.25) is 0 Å². The largest absolute Gasteiger partial charge is 0.384 e. The zero-order valence-corrected chi connectivity index (χ0v) is 13.2. The quantitative estimate of drug-likeness (QED) is 0.847. The van der Waals surface area contributed by atoms with Gasteiger partial charge in [0.25, 0.3) is 0 Å². The number of aliphatic hydroxyl groups is 1. The van der Waals surface area contributed by atoms with Crippen LogP contribution < -0.4 is 5.32 Å². The highest BCUT2D eigenvalue weighted by molar-refractivity contribution is 9.10. The third-order valence-electron chi connectivity index (χ3n) is 3.17. The van der Waals surface area contributed by atoms with Gasteiger partial charge in [-0.05, 0) is 24.1 Å². The van der Waals surface area contributed by atoms with E-state index in [0.717, 1.165) is 15.7 Å². The molecule has 0 radical (unpaired) electrons. The SMILES string of the molecule is CCC(O)(CNCc1cscn1)c1ccc(Br)cc1. The lowest BCUT2D eigenvalue weighted by molar-refractivity contribution is 0.0323. The second-order valence-corrected chi connectivity index (χ2v) is 6.11. The molecule has 0 amide bonds. The zero-order valence-electron chi connectivity index (χ0n) is 10.8. The first kappa shape index (κ1) is 14.7. The average Bonchev–Trinajstić information content (AvgIpc) is 2.92. The van der Waals surface area contributed by atoms with Crippen LogP contribution in [-0.2, 0) is 12.1 Å². The van der Waals surface area contributed by atoms with Gasteiger partial charge in [-0.2, -0.15) is 0 Å². The summed E-state index contributed by atoms with van der Waals surface area (Å²) in [4.78, 5) is 4.21. The molecule has 1 aromatic heterocycles. The van der Waals surface area contributed by atoms with E-state index in [2.05, 4.69) is 26.2 Å². The molecule has 102 valence electrons. The van der Waals surface area contributed by atoms with Gasteiger partial charge in [0.1, 0.15) is 5.60 Å². The van der Waals surface area contributed by atoms with Crippen LogP contribution in [0.2, 0.25) is 0 Å². The standard InChI is InChI=1S/C14H17BrN2OS/c1-2-14(18,11-3-5-12(15)6-4-11)9-16-7-13-8-19-10-17-13/h3-6,8,10,16,18H,2,7,9H2,1H3. The summed E-state index contributed by atoms with van der Waals surface area (Å²) in [5.74, 6) is 0. The second-order valence-electron chi connectivity index (χ2n) is 4.48. The number of rotatable bonds is 6. The van der Waals surface area contributed by atoms with Gasteiger partial charge >= 0.3 is 0 Å². The van der Waals surface area contributed by atoms with E-state index in [0.29, 0.717) is 19.5 Å². The maximum atomic E-state index is 10.7. The third-order valence-corrected chi connectivity index (χ3v) is 4.34. The van der Waals surface area contributed by atoms with Gasteiger partial charge in [-0.25, -0.2) is 4.98 Å². The van der Waals surface area contributed by atoms with Crippen LogP contribution in [0.4, 0.5) is 0 Å². The maximum Gasteiger partial charge on any atom is 0.102 e. The Labute approximate surface area is 125 Å². The highest BCUT2D eigenvalue weighted by Crippen LogP contribution is 2.25. The molecule has 0 aliphatic heterocycles. The number of aromatic nitrogens is 1. The van der Waals surface area contributed by atoms with Crippen LogP contribution >= 0.6 is 27.3 Å². The Kier molecular flexibility index (Phi) is 5.10. The fourth-order valence-electron chi connectivity index (χ4n) is 1.91. The molecule has 0 spiro atoms. The van der Waals surface area contributed by atoms with Crippen molar-refractivity contribution in [2.75, 3.05) is 6.54 Å². The lowest BCUT2D eigenvalue weighted by Crippen LogP contribution is -2.37. The van der Waals surface area contributed by atoms with Crippen molar-refractivity contribution in [1.29, 1.82) is 0 Å². The Bertz CT molecular complexity index is 501. The lowest BCUT2D eigenvalue weighted by atomic mass is 9.91. The molecule has 5 heteroatoms. The highest BCUT2D eigenvalue weighted by atomic mass is 79.9. The van der Waals surface area contributed by atoms with Gasteiger partial charge in [-0.15, -0.1) is 11.3 Å². The summed E-state index contributed by atoms with van der Waals surface area (Å²) in [5, 5.41) is 16.0. The minimum Gasteiger partial charge on any atom is -0.384 e. The van der Waals surface area contributed by atoms with Crippen LogP contribution in [0.1, 0.15) is 24.6 Å². The van der Waals surface area contributed by atoms with Gasteiger partial charge in [0, 0.05) is 22.9 Å². The normalized spacial score (nSPS) is 14.3. The number of halogens is 1. The number of thiazole rings is 1. The predicted octanol–water partition coefficient (Wildman–Crippen LogP) is 3.29. The molecule has 0 fully saturated rings. The molecule has 3 nitrogen and oxygen atoms in total. The summed E-state index contributed by atoms with van der Waals surface area (Å²) in [7, 11) is 0. The molecule has 19 heavy (non-hydrogen) atoms. The summed E-state index contributed by atoms with van der Waals surface area (Å²) in [6.07, 6.45) is 0.665. The van der Waals surface area contributed by atoms with Crippen LogP contribution in [0.3, 0.4) is 0 Å². The summed E-state index contributed by atoms with van der Waals surface area (Å²) >= 11 is 4.99. The van der Waals surface area contributed by atoms with E-state index in [1.165, 1.54) is 0 Å². The zero-order chi connectivity index (χ0) is 13.7. The van der Waals surface area contributed by atoms with Crippen molar-refractivity contribution in [3.63, 3.8) is 0 Å². The van der Waals surface area contributed by atoms with E-state index < -0.39 is 5.60 Å². The molecule has 2 N–H and O–H groups in total.